The Morgan fingerprint density at radius 3 is 2.54 bits per heavy atom. The van der Waals surface area contributed by atoms with Crippen LogP contribution in [0.4, 0.5) is 11.4 Å². The Balaban J connectivity index is 2.01. The summed E-state index contributed by atoms with van der Waals surface area (Å²) >= 11 is 0. The number of hydrogen-bond acceptors (Lipinski definition) is 3. The summed E-state index contributed by atoms with van der Waals surface area (Å²) in [6.07, 6.45) is 1.24. The van der Waals surface area contributed by atoms with Crippen LogP contribution in [-0.2, 0) is 11.3 Å². The Hall–Kier alpha value is -2.62. The fourth-order valence-corrected chi connectivity index (χ4v) is 3.45. The number of anilines is 2. The van der Waals surface area contributed by atoms with Crippen molar-refractivity contribution in [3.63, 3.8) is 0 Å². The van der Waals surface area contributed by atoms with Crippen molar-refractivity contribution in [1.29, 1.82) is 0 Å². The van der Waals surface area contributed by atoms with Crippen LogP contribution in [0.1, 0.15) is 49.5 Å². The lowest BCUT2D eigenvalue weighted by molar-refractivity contribution is -0.118. The number of Topliss-reactive ketones (excluding diaryl/α,β-unsaturated/α-hetero) is 1. The molecule has 1 unspecified atom stereocenters. The topological polar surface area (TPSA) is 49.4 Å². The molecule has 0 fully saturated rings. The van der Waals surface area contributed by atoms with Crippen LogP contribution < -0.4 is 10.2 Å². The van der Waals surface area contributed by atoms with E-state index in [-0.39, 0.29) is 17.7 Å². The van der Waals surface area contributed by atoms with E-state index in [1.807, 2.05) is 43.3 Å². The van der Waals surface area contributed by atoms with Crippen molar-refractivity contribution in [2.75, 3.05) is 10.2 Å². The minimum atomic E-state index is -0.213. The van der Waals surface area contributed by atoms with E-state index in [0.29, 0.717) is 24.4 Å². The Labute approximate surface area is 155 Å². The Kier molecular flexibility index (Phi) is 5.40. The first-order valence-corrected chi connectivity index (χ1v) is 9.28. The number of fused-ring (bicyclic) bond motifs is 1. The van der Waals surface area contributed by atoms with E-state index in [2.05, 4.69) is 36.2 Å². The molecule has 0 saturated carbocycles. The highest BCUT2D eigenvalue weighted by molar-refractivity contribution is 6.06. The second-order valence-corrected chi connectivity index (χ2v) is 7.26. The van der Waals surface area contributed by atoms with Crippen molar-refractivity contribution in [3.05, 3.63) is 59.7 Å². The molecule has 1 heterocycles. The average molecular weight is 350 g/mol. The molecule has 0 spiro atoms. The normalized spacial score (nSPS) is 16.4. The molecular weight excluding hydrogens is 324 g/mol. The van der Waals surface area contributed by atoms with Gasteiger partial charge in [-0.1, -0.05) is 51.1 Å². The van der Waals surface area contributed by atoms with Gasteiger partial charge < -0.3 is 10.2 Å². The Morgan fingerprint density at radius 2 is 1.88 bits per heavy atom. The van der Waals surface area contributed by atoms with Gasteiger partial charge in [0.2, 0.25) is 5.91 Å². The number of nitrogens with one attached hydrogen (secondary N) is 1. The predicted octanol–water partition coefficient (Wildman–Crippen LogP) is 4.65. The summed E-state index contributed by atoms with van der Waals surface area (Å²) in [6, 6.07) is 15.6. The maximum absolute atomic E-state index is 12.8. The van der Waals surface area contributed by atoms with Crippen LogP contribution in [0.25, 0.3) is 0 Å². The zero-order valence-corrected chi connectivity index (χ0v) is 15.7. The van der Waals surface area contributed by atoms with Crippen LogP contribution in [0.5, 0.6) is 0 Å². The summed E-state index contributed by atoms with van der Waals surface area (Å²) in [5.74, 6) is 0.496. The molecule has 1 aliphatic rings. The standard InChI is InChI=1S/C22H26N2O2/c1-4-21(25)17-10-11-19-18(13-17)23-22(26)20(12-15(2)3)24(19)14-16-8-6-5-7-9-16/h5-11,13,15,20H,4,12,14H2,1-3H3,(H,23,26). The van der Waals surface area contributed by atoms with E-state index >= 15 is 0 Å². The molecular formula is C22H26N2O2. The van der Waals surface area contributed by atoms with Gasteiger partial charge in [-0.15, -0.1) is 0 Å². The Bertz CT molecular complexity index is 799. The van der Waals surface area contributed by atoms with Crippen molar-refractivity contribution in [2.45, 2.75) is 46.2 Å². The van der Waals surface area contributed by atoms with E-state index in [1.165, 1.54) is 0 Å². The second-order valence-electron chi connectivity index (χ2n) is 7.26. The lowest BCUT2D eigenvalue weighted by atomic mass is 9.96. The highest BCUT2D eigenvalue weighted by atomic mass is 16.2. The number of amides is 1. The van der Waals surface area contributed by atoms with Gasteiger partial charge in [-0.2, -0.15) is 0 Å². The molecule has 26 heavy (non-hydrogen) atoms. The summed E-state index contributed by atoms with van der Waals surface area (Å²) in [5, 5.41) is 3.02. The summed E-state index contributed by atoms with van der Waals surface area (Å²) in [7, 11) is 0. The molecule has 136 valence electrons. The van der Waals surface area contributed by atoms with Gasteiger partial charge >= 0.3 is 0 Å². The molecule has 1 atom stereocenters. The maximum atomic E-state index is 12.8. The molecule has 4 heteroatoms. The SMILES string of the molecule is CCC(=O)c1ccc2c(c1)NC(=O)C(CC(C)C)N2Cc1ccccc1. The lowest BCUT2D eigenvalue weighted by Crippen LogP contribution is -2.48. The quantitative estimate of drug-likeness (QED) is 0.771. The van der Waals surface area contributed by atoms with E-state index in [1.54, 1.807) is 0 Å². The van der Waals surface area contributed by atoms with Crippen LogP contribution in [0, 0.1) is 5.92 Å². The van der Waals surface area contributed by atoms with Crippen LogP contribution in [0.2, 0.25) is 0 Å². The van der Waals surface area contributed by atoms with Crippen LogP contribution in [0.3, 0.4) is 0 Å². The fourth-order valence-electron chi connectivity index (χ4n) is 3.45. The summed E-state index contributed by atoms with van der Waals surface area (Å²) in [5.41, 5.74) is 3.51. The maximum Gasteiger partial charge on any atom is 0.247 e. The third-order valence-corrected chi connectivity index (χ3v) is 4.78. The van der Waals surface area contributed by atoms with E-state index in [4.69, 9.17) is 0 Å². The molecule has 0 bridgehead atoms. The molecule has 2 aromatic carbocycles. The Morgan fingerprint density at radius 1 is 1.15 bits per heavy atom. The fraction of sp³-hybridized carbons (Fsp3) is 0.364. The molecule has 0 radical (unpaired) electrons. The number of rotatable bonds is 6. The van der Waals surface area contributed by atoms with Gasteiger partial charge in [-0.3, -0.25) is 9.59 Å². The van der Waals surface area contributed by atoms with Gasteiger partial charge in [-0.05, 0) is 36.1 Å². The third-order valence-electron chi connectivity index (χ3n) is 4.78. The number of benzene rings is 2. The molecule has 2 aromatic rings. The number of nitrogens with zero attached hydrogens (tertiary/aromatic N) is 1. The van der Waals surface area contributed by atoms with E-state index in [0.717, 1.165) is 23.4 Å². The number of carbonyl (C=O) groups excluding carboxylic acids is 2. The van der Waals surface area contributed by atoms with Gasteiger partial charge in [0.15, 0.2) is 5.78 Å². The number of ketones is 1. The minimum Gasteiger partial charge on any atom is -0.353 e. The molecule has 1 amide bonds. The second kappa shape index (κ2) is 7.73. The van der Waals surface area contributed by atoms with Crippen LogP contribution in [-0.4, -0.2) is 17.7 Å². The first-order valence-electron chi connectivity index (χ1n) is 9.28. The van der Waals surface area contributed by atoms with Gasteiger partial charge in [0.1, 0.15) is 6.04 Å². The van der Waals surface area contributed by atoms with E-state index in [9.17, 15) is 9.59 Å². The number of carbonyl (C=O) groups is 2. The first kappa shape index (κ1) is 18.2. The summed E-state index contributed by atoms with van der Waals surface area (Å²) < 4.78 is 0. The lowest BCUT2D eigenvalue weighted by Gasteiger charge is -2.39. The van der Waals surface area contributed by atoms with Gasteiger partial charge in [0.25, 0.3) is 0 Å². The predicted molar refractivity (Wildman–Crippen MR) is 106 cm³/mol. The van der Waals surface area contributed by atoms with Gasteiger partial charge in [-0.25, -0.2) is 0 Å². The van der Waals surface area contributed by atoms with Crippen molar-refractivity contribution >= 4 is 23.1 Å². The van der Waals surface area contributed by atoms with Crippen molar-refractivity contribution in [1.82, 2.24) is 0 Å². The zero-order valence-electron chi connectivity index (χ0n) is 15.7. The summed E-state index contributed by atoms with van der Waals surface area (Å²) in [4.78, 5) is 27.0. The molecule has 0 aromatic heterocycles. The largest absolute Gasteiger partial charge is 0.353 e. The van der Waals surface area contributed by atoms with Crippen LogP contribution in [0.15, 0.2) is 48.5 Å². The molecule has 0 saturated heterocycles. The first-order chi connectivity index (χ1) is 12.5. The molecule has 1 N–H and O–H groups in total. The zero-order chi connectivity index (χ0) is 18.7. The highest BCUT2D eigenvalue weighted by Crippen LogP contribution is 2.36. The molecule has 3 rings (SSSR count). The van der Waals surface area contributed by atoms with Gasteiger partial charge in [0, 0.05) is 18.5 Å². The highest BCUT2D eigenvalue weighted by Gasteiger charge is 2.33. The van der Waals surface area contributed by atoms with Crippen molar-refractivity contribution < 1.29 is 9.59 Å². The monoisotopic (exact) mass is 350 g/mol. The van der Waals surface area contributed by atoms with Crippen LogP contribution >= 0.6 is 0 Å². The van der Waals surface area contributed by atoms with E-state index < -0.39 is 0 Å². The average Bonchev–Trinajstić information content (AvgIpc) is 2.64. The van der Waals surface area contributed by atoms with Crippen molar-refractivity contribution in [3.8, 4) is 0 Å². The van der Waals surface area contributed by atoms with Gasteiger partial charge in [0.05, 0.1) is 11.4 Å². The van der Waals surface area contributed by atoms with Crippen molar-refractivity contribution in [2.24, 2.45) is 5.92 Å². The smallest absolute Gasteiger partial charge is 0.247 e. The summed E-state index contributed by atoms with van der Waals surface area (Å²) in [6.45, 7) is 6.78. The third kappa shape index (κ3) is 3.79. The molecule has 0 aliphatic carbocycles. The molecule has 1 aliphatic heterocycles. The molecule has 4 nitrogen and oxygen atoms in total. The number of hydrogen-bond donors (Lipinski definition) is 1. The minimum absolute atomic E-state index is 0.00299.